The molecular formula is C14H26N4O. The maximum Gasteiger partial charge on any atom is 0.0540 e. The van der Waals surface area contributed by atoms with Gasteiger partial charge in [0.15, 0.2) is 0 Å². The lowest BCUT2D eigenvalue weighted by Crippen LogP contribution is -2.40. The highest BCUT2D eigenvalue weighted by Gasteiger charge is 2.27. The van der Waals surface area contributed by atoms with Gasteiger partial charge in [0.2, 0.25) is 0 Å². The lowest BCUT2D eigenvalue weighted by Gasteiger charge is -2.37. The molecule has 0 aromatic carbocycles. The normalized spacial score (nSPS) is 19.8. The number of hydrogen-bond acceptors (Lipinski definition) is 4. The molecule has 2 N–H and O–H groups in total. The van der Waals surface area contributed by atoms with Crippen LogP contribution in [0.5, 0.6) is 0 Å². The minimum absolute atomic E-state index is 0.303. The molecule has 2 heterocycles. The predicted octanol–water partition coefficient (Wildman–Crippen LogP) is 1.09. The van der Waals surface area contributed by atoms with E-state index >= 15 is 0 Å². The molecule has 0 saturated carbocycles. The molecule has 1 aromatic rings. The van der Waals surface area contributed by atoms with Gasteiger partial charge in [0.1, 0.15) is 0 Å². The third-order valence-corrected chi connectivity index (χ3v) is 4.35. The number of piperidine rings is 1. The maximum atomic E-state index is 6.00. The molecule has 5 heteroatoms. The first-order valence-corrected chi connectivity index (χ1v) is 7.09. The summed E-state index contributed by atoms with van der Waals surface area (Å²) in [6, 6.07) is 0.303. The zero-order valence-electron chi connectivity index (χ0n) is 12.3. The van der Waals surface area contributed by atoms with Crippen molar-refractivity contribution in [2.75, 3.05) is 33.4 Å². The van der Waals surface area contributed by atoms with E-state index in [1.165, 1.54) is 24.1 Å². The summed E-state index contributed by atoms with van der Waals surface area (Å²) < 4.78 is 7.18. The van der Waals surface area contributed by atoms with E-state index in [2.05, 4.69) is 16.9 Å². The Balaban J connectivity index is 2.02. The van der Waals surface area contributed by atoms with Crippen molar-refractivity contribution in [1.29, 1.82) is 0 Å². The van der Waals surface area contributed by atoms with Crippen LogP contribution in [0.25, 0.3) is 0 Å². The van der Waals surface area contributed by atoms with Gasteiger partial charge in [-0.2, -0.15) is 5.10 Å². The molecule has 19 heavy (non-hydrogen) atoms. The molecule has 0 amide bonds. The van der Waals surface area contributed by atoms with E-state index in [0.717, 1.165) is 19.7 Å². The molecule has 108 valence electrons. The largest absolute Gasteiger partial charge is 0.384 e. The fraction of sp³-hybridized carbons (Fsp3) is 0.786. The number of rotatable bonds is 5. The molecule has 0 radical (unpaired) electrons. The molecule has 1 fully saturated rings. The fourth-order valence-corrected chi connectivity index (χ4v) is 2.98. The van der Waals surface area contributed by atoms with Crippen LogP contribution in [-0.2, 0) is 11.8 Å². The third-order valence-electron chi connectivity index (χ3n) is 4.35. The molecule has 1 atom stereocenters. The zero-order chi connectivity index (χ0) is 13.8. The number of hydrogen-bond donors (Lipinski definition) is 1. The second kappa shape index (κ2) is 6.50. The van der Waals surface area contributed by atoms with Crippen LogP contribution in [0.3, 0.4) is 0 Å². The molecule has 2 rings (SSSR count). The van der Waals surface area contributed by atoms with Gasteiger partial charge in [0, 0.05) is 38.6 Å². The van der Waals surface area contributed by atoms with Crippen molar-refractivity contribution in [2.45, 2.75) is 25.8 Å². The van der Waals surface area contributed by atoms with Crippen molar-refractivity contribution >= 4 is 0 Å². The van der Waals surface area contributed by atoms with E-state index < -0.39 is 0 Å². The number of likely N-dealkylation sites (tertiary alicyclic amines) is 1. The van der Waals surface area contributed by atoms with Crippen LogP contribution in [0.1, 0.15) is 30.1 Å². The summed E-state index contributed by atoms with van der Waals surface area (Å²) in [6.07, 6.45) is 4.36. The van der Waals surface area contributed by atoms with E-state index in [1.807, 2.05) is 17.9 Å². The Kier molecular flexibility index (Phi) is 4.96. The standard InChI is InChI=1S/C14H26N4O/c1-11-13(9-16-17(11)2)14(8-15)18-6-4-12(5-7-18)10-19-3/h9,12,14H,4-8,10,15H2,1-3H3. The van der Waals surface area contributed by atoms with Crippen LogP contribution in [-0.4, -0.2) is 48.0 Å². The molecule has 0 bridgehead atoms. The van der Waals surface area contributed by atoms with Crippen molar-refractivity contribution in [3.05, 3.63) is 17.5 Å². The molecule has 1 aliphatic rings. The molecule has 0 spiro atoms. The van der Waals surface area contributed by atoms with E-state index in [0.29, 0.717) is 18.5 Å². The van der Waals surface area contributed by atoms with Crippen LogP contribution in [0, 0.1) is 12.8 Å². The van der Waals surface area contributed by atoms with Gasteiger partial charge < -0.3 is 10.5 Å². The summed E-state index contributed by atoms with van der Waals surface area (Å²) in [5.41, 5.74) is 8.49. The summed E-state index contributed by atoms with van der Waals surface area (Å²) >= 11 is 0. The fourth-order valence-electron chi connectivity index (χ4n) is 2.98. The van der Waals surface area contributed by atoms with Crippen LogP contribution in [0.15, 0.2) is 6.20 Å². The highest BCUT2D eigenvalue weighted by atomic mass is 16.5. The molecule has 5 nitrogen and oxygen atoms in total. The number of aryl methyl sites for hydroxylation is 1. The van der Waals surface area contributed by atoms with E-state index in [9.17, 15) is 0 Å². The Labute approximate surface area is 115 Å². The van der Waals surface area contributed by atoms with E-state index in [-0.39, 0.29) is 0 Å². The average Bonchev–Trinajstić information content (AvgIpc) is 2.74. The van der Waals surface area contributed by atoms with E-state index in [4.69, 9.17) is 10.5 Å². The number of aromatic nitrogens is 2. The predicted molar refractivity (Wildman–Crippen MR) is 75.9 cm³/mol. The number of methoxy groups -OCH3 is 1. The van der Waals surface area contributed by atoms with Crippen LogP contribution in [0.4, 0.5) is 0 Å². The van der Waals surface area contributed by atoms with Crippen molar-refractivity contribution < 1.29 is 4.74 Å². The van der Waals surface area contributed by atoms with Crippen molar-refractivity contribution in [3.63, 3.8) is 0 Å². The van der Waals surface area contributed by atoms with Gasteiger partial charge in [-0.05, 0) is 38.8 Å². The summed E-state index contributed by atoms with van der Waals surface area (Å²) in [5, 5.41) is 4.34. The summed E-state index contributed by atoms with van der Waals surface area (Å²) in [5.74, 6) is 0.703. The summed E-state index contributed by atoms with van der Waals surface area (Å²) in [6.45, 7) is 5.85. The first kappa shape index (κ1) is 14.5. The van der Waals surface area contributed by atoms with Gasteiger partial charge in [-0.25, -0.2) is 0 Å². The summed E-state index contributed by atoms with van der Waals surface area (Å²) in [4.78, 5) is 2.50. The van der Waals surface area contributed by atoms with Crippen LogP contribution < -0.4 is 5.73 Å². The number of nitrogens with zero attached hydrogens (tertiary/aromatic N) is 3. The number of nitrogens with two attached hydrogens (primary N) is 1. The van der Waals surface area contributed by atoms with Gasteiger partial charge in [-0.1, -0.05) is 0 Å². The van der Waals surface area contributed by atoms with Crippen molar-refractivity contribution in [1.82, 2.24) is 14.7 Å². The Hall–Kier alpha value is -0.910. The monoisotopic (exact) mass is 266 g/mol. The third kappa shape index (κ3) is 3.16. The van der Waals surface area contributed by atoms with Gasteiger partial charge in [-0.15, -0.1) is 0 Å². The smallest absolute Gasteiger partial charge is 0.0540 e. The molecule has 1 unspecified atom stereocenters. The van der Waals surface area contributed by atoms with Crippen molar-refractivity contribution in [3.8, 4) is 0 Å². The topological polar surface area (TPSA) is 56.3 Å². The molecule has 0 aliphatic carbocycles. The SMILES string of the molecule is COCC1CCN(C(CN)c2cnn(C)c2C)CC1. The highest BCUT2D eigenvalue weighted by Crippen LogP contribution is 2.27. The molecular weight excluding hydrogens is 240 g/mol. The Morgan fingerprint density at radius 3 is 2.63 bits per heavy atom. The Morgan fingerprint density at radius 2 is 2.16 bits per heavy atom. The zero-order valence-corrected chi connectivity index (χ0v) is 12.3. The van der Waals surface area contributed by atoms with Gasteiger partial charge in [-0.3, -0.25) is 9.58 Å². The minimum Gasteiger partial charge on any atom is -0.384 e. The second-order valence-corrected chi connectivity index (χ2v) is 5.50. The Bertz CT molecular complexity index is 396. The maximum absolute atomic E-state index is 6.00. The van der Waals surface area contributed by atoms with Crippen LogP contribution in [0.2, 0.25) is 0 Å². The first-order chi connectivity index (χ1) is 9.17. The van der Waals surface area contributed by atoms with Gasteiger partial charge in [0.05, 0.1) is 12.2 Å². The average molecular weight is 266 g/mol. The first-order valence-electron chi connectivity index (χ1n) is 7.09. The minimum atomic E-state index is 0.303. The lowest BCUT2D eigenvalue weighted by atomic mass is 9.95. The summed E-state index contributed by atoms with van der Waals surface area (Å²) in [7, 11) is 3.77. The van der Waals surface area contributed by atoms with Gasteiger partial charge in [0.25, 0.3) is 0 Å². The number of ether oxygens (including phenoxy) is 1. The van der Waals surface area contributed by atoms with Gasteiger partial charge >= 0.3 is 0 Å². The molecule has 1 aliphatic heterocycles. The molecule has 1 aromatic heterocycles. The van der Waals surface area contributed by atoms with Crippen LogP contribution >= 0.6 is 0 Å². The molecule has 1 saturated heterocycles. The quantitative estimate of drug-likeness (QED) is 0.866. The van der Waals surface area contributed by atoms with Crippen molar-refractivity contribution in [2.24, 2.45) is 18.7 Å². The second-order valence-electron chi connectivity index (χ2n) is 5.50. The highest BCUT2D eigenvalue weighted by molar-refractivity contribution is 5.21. The van der Waals surface area contributed by atoms with E-state index in [1.54, 1.807) is 7.11 Å². The lowest BCUT2D eigenvalue weighted by molar-refractivity contribution is 0.0809. The Morgan fingerprint density at radius 1 is 1.47 bits per heavy atom.